The fraction of sp³-hybridized carbons (Fsp3) is 0.500. The van der Waals surface area contributed by atoms with Gasteiger partial charge in [0.25, 0.3) is 0 Å². The summed E-state index contributed by atoms with van der Waals surface area (Å²) >= 11 is 0. The normalized spacial score (nSPS) is 23.0. The molecule has 98 valence electrons. The molecule has 1 saturated carbocycles. The number of amides is 1. The van der Waals surface area contributed by atoms with Crippen LogP contribution in [0.5, 0.6) is 0 Å². The highest BCUT2D eigenvalue weighted by Gasteiger charge is 2.23. The van der Waals surface area contributed by atoms with Crippen LogP contribution in [0.1, 0.15) is 24.8 Å². The van der Waals surface area contributed by atoms with E-state index in [1.54, 1.807) is 12.1 Å². The number of benzene rings is 1. The number of carbonyl (C=O) groups is 1. The standard InChI is InChI=1S/C14H19FN2O/c15-12-6-4-10(5-7-12)8-14(18)17-9-11-2-1-3-13(11)16/h4-7,11,13H,1-3,8-9,16H2,(H,17,18). The topological polar surface area (TPSA) is 55.1 Å². The van der Waals surface area contributed by atoms with Crippen molar-refractivity contribution >= 4 is 5.91 Å². The lowest BCUT2D eigenvalue weighted by atomic mass is 10.0. The van der Waals surface area contributed by atoms with Crippen LogP contribution in [0.2, 0.25) is 0 Å². The van der Waals surface area contributed by atoms with E-state index in [4.69, 9.17) is 5.73 Å². The van der Waals surface area contributed by atoms with Crippen molar-refractivity contribution in [1.82, 2.24) is 5.32 Å². The van der Waals surface area contributed by atoms with Gasteiger partial charge in [0.15, 0.2) is 0 Å². The van der Waals surface area contributed by atoms with Crippen molar-refractivity contribution in [2.75, 3.05) is 6.54 Å². The number of nitrogens with one attached hydrogen (secondary N) is 1. The zero-order valence-electron chi connectivity index (χ0n) is 10.4. The van der Waals surface area contributed by atoms with Crippen molar-refractivity contribution in [3.63, 3.8) is 0 Å². The minimum Gasteiger partial charge on any atom is -0.355 e. The maximum atomic E-state index is 12.7. The Balaban J connectivity index is 1.76. The molecule has 1 aliphatic rings. The molecule has 18 heavy (non-hydrogen) atoms. The zero-order chi connectivity index (χ0) is 13.0. The number of rotatable bonds is 4. The molecular weight excluding hydrogens is 231 g/mol. The lowest BCUT2D eigenvalue weighted by molar-refractivity contribution is -0.120. The Morgan fingerprint density at radius 1 is 1.33 bits per heavy atom. The first-order valence-corrected chi connectivity index (χ1v) is 6.42. The molecule has 0 spiro atoms. The molecule has 0 bridgehead atoms. The zero-order valence-corrected chi connectivity index (χ0v) is 10.4. The summed E-state index contributed by atoms with van der Waals surface area (Å²) in [5, 5.41) is 2.91. The van der Waals surface area contributed by atoms with Gasteiger partial charge in [-0.05, 0) is 36.5 Å². The quantitative estimate of drug-likeness (QED) is 0.853. The van der Waals surface area contributed by atoms with E-state index in [1.807, 2.05) is 0 Å². The second-order valence-electron chi connectivity index (χ2n) is 4.96. The summed E-state index contributed by atoms with van der Waals surface area (Å²) in [4.78, 5) is 11.7. The maximum absolute atomic E-state index is 12.7. The maximum Gasteiger partial charge on any atom is 0.224 e. The second-order valence-corrected chi connectivity index (χ2v) is 4.96. The van der Waals surface area contributed by atoms with Crippen LogP contribution >= 0.6 is 0 Å². The highest BCUT2D eigenvalue weighted by molar-refractivity contribution is 5.78. The van der Waals surface area contributed by atoms with Crippen LogP contribution in [0.4, 0.5) is 4.39 Å². The Morgan fingerprint density at radius 3 is 2.67 bits per heavy atom. The van der Waals surface area contributed by atoms with Gasteiger partial charge in [-0.3, -0.25) is 4.79 Å². The van der Waals surface area contributed by atoms with E-state index < -0.39 is 0 Å². The summed E-state index contributed by atoms with van der Waals surface area (Å²) in [7, 11) is 0. The first-order chi connectivity index (χ1) is 8.65. The van der Waals surface area contributed by atoms with E-state index in [2.05, 4.69) is 5.32 Å². The van der Waals surface area contributed by atoms with Gasteiger partial charge < -0.3 is 11.1 Å². The van der Waals surface area contributed by atoms with E-state index in [9.17, 15) is 9.18 Å². The van der Waals surface area contributed by atoms with E-state index in [1.165, 1.54) is 12.1 Å². The fourth-order valence-electron chi connectivity index (χ4n) is 2.41. The van der Waals surface area contributed by atoms with Crippen LogP contribution in [0.25, 0.3) is 0 Å². The Labute approximate surface area is 107 Å². The Bertz CT molecular complexity index is 405. The third-order valence-corrected chi connectivity index (χ3v) is 3.56. The average Bonchev–Trinajstić information content (AvgIpc) is 2.75. The molecule has 2 rings (SSSR count). The molecule has 2 atom stereocenters. The molecule has 1 aromatic carbocycles. The molecule has 0 saturated heterocycles. The SMILES string of the molecule is NC1CCCC1CNC(=O)Cc1ccc(F)cc1. The summed E-state index contributed by atoms with van der Waals surface area (Å²) in [5.41, 5.74) is 6.77. The predicted octanol–water partition coefficient (Wildman–Crippen LogP) is 1.61. The van der Waals surface area contributed by atoms with Crippen LogP contribution in [0.3, 0.4) is 0 Å². The van der Waals surface area contributed by atoms with Crippen LogP contribution < -0.4 is 11.1 Å². The monoisotopic (exact) mass is 250 g/mol. The van der Waals surface area contributed by atoms with Crippen LogP contribution in [-0.2, 0) is 11.2 Å². The molecular formula is C14H19FN2O. The Kier molecular flexibility index (Phi) is 4.31. The summed E-state index contributed by atoms with van der Waals surface area (Å²) in [6.07, 6.45) is 3.60. The Hall–Kier alpha value is -1.42. The lowest BCUT2D eigenvalue weighted by Gasteiger charge is -2.15. The first-order valence-electron chi connectivity index (χ1n) is 6.42. The largest absolute Gasteiger partial charge is 0.355 e. The van der Waals surface area contributed by atoms with Crippen LogP contribution in [0.15, 0.2) is 24.3 Å². The van der Waals surface area contributed by atoms with Crippen LogP contribution in [-0.4, -0.2) is 18.5 Å². The van der Waals surface area contributed by atoms with Gasteiger partial charge in [-0.25, -0.2) is 4.39 Å². The summed E-state index contributed by atoms with van der Waals surface area (Å²) in [6.45, 7) is 0.654. The summed E-state index contributed by atoms with van der Waals surface area (Å²) < 4.78 is 12.7. The molecule has 0 heterocycles. The summed E-state index contributed by atoms with van der Waals surface area (Å²) in [6, 6.07) is 6.23. The van der Waals surface area contributed by atoms with E-state index >= 15 is 0 Å². The predicted molar refractivity (Wildman–Crippen MR) is 68.4 cm³/mol. The molecule has 1 fully saturated rings. The van der Waals surface area contributed by atoms with Crippen molar-refractivity contribution < 1.29 is 9.18 Å². The van der Waals surface area contributed by atoms with Crippen molar-refractivity contribution in [1.29, 1.82) is 0 Å². The number of hydrogen-bond donors (Lipinski definition) is 2. The van der Waals surface area contributed by atoms with Gasteiger partial charge in [0.2, 0.25) is 5.91 Å². The smallest absolute Gasteiger partial charge is 0.224 e. The van der Waals surface area contributed by atoms with Gasteiger partial charge in [-0.1, -0.05) is 18.6 Å². The Morgan fingerprint density at radius 2 is 2.06 bits per heavy atom. The van der Waals surface area contributed by atoms with Gasteiger partial charge in [0.05, 0.1) is 6.42 Å². The second kappa shape index (κ2) is 5.96. The third kappa shape index (κ3) is 3.53. The molecule has 1 aliphatic carbocycles. The van der Waals surface area contributed by atoms with E-state index in [0.29, 0.717) is 18.9 Å². The molecule has 4 heteroatoms. The average molecular weight is 250 g/mol. The van der Waals surface area contributed by atoms with E-state index in [-0.39, 0.29) is 17.8 Å². The van der Waals surface area contributed by atoms with Gasteiger partial charge in [-0.2, -0.15) is 0 Å². The fourth-order valence-corrected chi connectivity index (χ4v) is 2.41. The number of hydrogen-bond acceptors (Lipinski definition) is 2. The van der Waals surface area contributed by atoms with Gasteiger partial charge in [-0.15, -0.1) is 0 Å². The minimum atomic E-state index is -0.281. The minimum absolute atomic E-state index is 0.0271. The molecule has 0 aromatic heterocycles. The van der Waals surface area contributed by atoms with Crippen molar-refractivity contribution in [2.24, 2.45) is 11.7 Å². The van der Waals surface area contributed by atoms with Gasteiger partial charge in [0, 0.05) is 12.6 Å². The molecule has 3 nitrogen and oxygen atoms in total. The molecule has 0 aliphatic heterocycles. The van der Waals surface area contributed by atoms with Gasteiger partial charge >= 0.3 is 0 Å². The molecule has 1 amide bonds. The highest BCUT2D eigenvalue weighted by Crippen LogP contribution is 2.22. The van der Waals surface area contributed by atoms with E-state index in [0.717, 1.165) is 24.8 Å². The third-order valence-electron chi connectivity index (χ3n) is 3.56. The number of nitrogens with two attached hydrogens (primary N) is 1. The van der Waals surface area contributed by atoms with Gasteiger partial charge in [0.1, 0.15) is 5.82 Å². The first kappa shape index (κ1) is 13.0. The van der Waals surface area contributed by atoms with Crippen LogP contribution in [0, 0.1) is 11.7 Å². The lowest BCUT2D eigenvalue weighted by Crippen LogP contribution is -2.36. The van der Waals surface area contributed by atoms with Crippen molar-refractivity contribution in [2.45, 2.75) is 31.7 Å². The molecule has 3 N–H and O–H groups in total. The van der Waals surface area contributed by atoms with Crippen molar-refractivity contribution in [3.8, 4) is 0 Å². The molecule has 0 radical (unpaired) electrons. The van der Waals surface area contributed by atoms with Crippen molar-refractivity contribution in [3.05, 3.63) is 35.6 Å². The molecule has 2 unspecified atom stereocenters. The number of halogens is 1. The molecule has 1 aromatic rings. The number of carbonyl (C=O) groups excluding carboxylic acids is 1. The summed E-state index contributed by atoms with van der Waals surface area (Å²) in [5.74, 6) is 0.0963. The highest BCUT2D eigenvalue weighted by atomic mass is 19.1.